The van der Waals surface area contributed by atoms with Crippen LogP contribution in [0.5, 0.6) is 0 Å². The van der Waals surface area contributed by atoms with Crippen molar-refractivity contribution in [3.05, 3.63) is 11.4 Å². The molecule has 1 saturated heterocycles. The number of rotatable bonds is 2. The molecule has 0 bridgehead atoms. The summed E-state index contributed by atoms with van der Waals surface area (Å²) < 4.78 is 7.48. The predicted molar refractivity (Wildman–Crippen MR) is 64.7 cm³/mol. The Labute approximate surface area is 97.0 Å². The van der Waals surface area contributed by atoms with Crippen molar-refractivity contribution in [2.45, 2.75) is 45.8 Å². The Morgan fingerprint density at radius 2 is 2.19 bits per heavy atom. The van der Waals surface area contributed by atoms with Gasteiger partial charge in [-0.3, -0.25) is 4.68 Å². The van der Waals surface area contributed by atoms with E-state index in [-0.39, 0.29) is 0 Å². The van der Waals surface area contributed by atoms with Gasteiger partial charge in [0.05, 0.1) is 23.2 Å². The number of hydrogen-bond acceptors (Lipinski definition) is 3. The van der Waals surface area contributed by atoms with Gasteiger partial charge in [0.1, 0.15) is 0 Å². The third kappa shape index (κ3) is 2.21. The van der Waals surface area contributed by atoms with E-state index in [0.29, 0.717) is 12.1 Å². The summed E-state index contributed by atoms with van der Waals surface area (Å²) in [5.74, 6) is 0. The smallest absolute Gasteiger partial charge is 0.0827 e. The maximum atomic E-state index is 5.55. The molecule has 0 saturated carbocycles. The monoisotopic (exact) mass is 223 g/mol. The Balaban J connectivity index is 2.08. The second-order valence-electron chi connectivity index (χ2n) is 4.72. The first kappa shape index (κ1) is 11.5. The number of hydrogen-bond donors (Lipinski definition) is 1. The van der Waals surface area contributed by atoms with Gasteiger partial charge in [-0.05, 0) is 33.6 Å². The van der Waals surface area contributed by atoms with Crippen LogP contribution in [0.3, 0.4) is 0 Å². The third-order valence-electron chi connectivity index (χ3n) is 3.34. The average molecular weight is 223 g/mol. The number of nitrogens with one attached hydrogen (secondary N) is 1. The molecule has 1 aromatic heterocycles. The molecule has 1 N–H and O–H groups in total. The van der Waals surface area contributed by atoms with Crippen molar-refractivity contribution in [1.82, 2.24) is 9.78 Å². The van der Waals surface area contributed by atoms with E-state index in [1.54, 1.807) is 0 Å². The molecule has 1 fully saturated rings. The standard InChI is InChI=1S/C12H21N3O/c1-8-7-11(5-6-16-8)13-12-9(2)14-15(4)10(12)3/h8,11,13H,5-7H2,1-4H3. The van der Waals surface area contributed by atoms with Gasteiger partial charge < -0.3 is 10.1 Å². The molecule has 1 aromatic rings. The summed E-state index contributed by atoms with van der Waals surface area (Å²) in [7, 11) is 1.99. The van der Waals surface area contributed by atoms with Crippen molar-refractivity contribution in [3.63, 3.8) is 0 Å². The Hall–Kier alpha value is -1.03. The van der Waals surface area contributed by atoms with Crippen LogP contribution in [0.1, 0.15) is 31.2 Å². The van der Waals surface area contributed by atoms with Gasteiger partial charge in [0.15, 0.2) is 0 Å². The fourth-order valence-electron chi connectivity index (χ4n) is 2.32. The lowest BCUT2D eigenvalue weighted by atomic mass is 10.0. The topological polar surface area (TPSA) is 39.1 Å². The van der Waals surface area contributed by atoms with Gasteiger partial charge in [0, 0.05) is 19.7 Å². The molecule has 0 aliphatic carbocycles. The quantitative estimate of drug-likeness (QED) is 0.833. The van der Waals surface area contributed by atoms with Crippen molar-refractivity contribution in [2.24, 2.45) is 7.05 Å². The third-order valence-corrected chi connectivity index (χ3v) is 3.34. The second-order valence-corrected chi connectivity index (χ2v) is 4.72. The highest BCUT2D eigenvalue weighted by Gasteiger charge is 2.21. The summed E-state index contributed by atoms with van der Waals surface area (Å²) in [5, 5.41) is 8.02. The van der Waals surface area contributed by atoms with E-state index in [1.807, 2.05) is 11.7 Å². The fourth-order valence-corrected chi connectivity index (χ4v) is 2.32. The van der Waals surface area contributed by atoms with Gasteiger partial charge in [-0.1, -0.05) is 0 Å². The van der Waals surface area contributed by atoms with Crippen molar-refractivity contribution < 1.29 is 4.74 Å². The molecule has 2 unspecified atom stereocenters. The van der Waals surface area contributed by atoms with Crippen LogP contribution in [0.4, 0.5) is 5.69 Å². The number of ether oxygens (including phenoxy) is 1. The SMILES string of the molecule is Cc1nn(C)c(C)c1NC1CCOC(C)C1. The fraction of sp³-hybridized carbons (Fsp3) is 0.750. The summed E-state index contributed by atoms with van der Waals surface area (Å²) in [4.78, 5) is 0. The van der Waals surface area contributed by atoms with Crippen LogP contribution in [0.15, 0.2) is 0 Å². The van der Waals surface area contributed by atoms with Gasteiger partial charge >= 0.3 is 0 Å². The highest BCUT2D eigenvalue weighted by molar-refractivity contribution is 5.52. The second kappa shape index (κ2) is 4.45. The first-order valence-electron chi connectivity index (χ1n) is 5.96. The Morgan fingerprint density at radius 1 is 1.44 bits per heavy atom. The van der Waals surface area contributed by atoms with E-state index in [0.717, 1.165) is 25.1 Å². The molecule has 1 aliphatic heterocycles. The molecule has 4 heteroatoms. The van der Waals surface area contributed by atoms with Crippen molar-refractivity contribution in [3.8, 4) is 0 Å². The predicted octanol–water partition coefficient (Wildman–Crippen LogP) is 2.02. The van der Waals surface area contributed by atoms with Gasteiger partial charge in [-0.25, -0.2) is 0 Å². The summed E-state index contributed by atoms with van der Waals surface area (Å²) >= 11 is 0. The highest BCUT2D eigenvalue weighted by Crippen LogP contribution is 2.23. The zero-order chi connectivity index (χ0) is 11.7. The van der Waals surface area contributed by atoms with Gasteiger partial charge in [0.25, 0.3) is 0 Å². The Morgan fingerprint density at radius 3 is 2.75 bits per heavy atom. The zero-order valence-corrected chi connectivity index (χ0v) is 10.6. The number of aromatic nitrogens is 2. The first-order chi connectivity index (χ1) is 7.58. The average Bonchev–Trinajstić information content (AvgIpc) is 2.45. The number of anilines is 1. The molecular weight excluding hydrogens is 202 g/mol. The van der Waals surface area contributed by atoms with Crippen LogP contribution >= 0.6 is 0 Å². The van der Waals surface area contributed by atoms with Crippen molar-refractivity contribution in [2.75, 3.05) is 11.9 Å². The molecule has 0 radical (unpaired) electrons. The van der Waals surface area contributed by atoms with Crippen molar-refractivity contribution in [1.29, 1.82) is 0 Å². The highest BCUT2D eigenvalue weighted by atomic mass is 16.5. The van der Waals surface area contributed by atoms with Crippen LogP contribution in [0, 0.1) is 13.8 Å². The lowest BCUT2D eigenvalue weighted by Gasteiger charge is -2.28. The molecule has 0 aromatic carbocycles. The minimum atomic E-state index is 0.364. The molecule has 16 heavy (non-hydrogen) atoms. The minimum absolute atomic E-state index is 0.364. The largest absolute Gasteiger partial charge is 0.379 e. The normalized spacial score (nSPS) is 25.8. The maximum absolute atomic E-state index is 5.55. The van der Waals surface area contributed by atoms with Gasteiger partial charge in [-0.2, -0.15) is 5.10 Å². The molecule has 1 aliphatic rings. The van der Waals surface area contributed by atoms with Crippen LogP contribution in [0.25, 0.3) is 0 Å². The van der Waals surface area contributed by atoms with Gasteiger partial charge in [0.2, 0.25) is 0 Å². The lowest BCUT2D eigenvalue weighted by Crippen LogP contribution is -2.32. The zero-order valence-electron chi connectivity index (χ0n) is 10.6. The molecule has 4 nitrogen and oxygen atoms in total. The van der Waals surface area contributed by atoms with Crippen LogP contribution < -0.4 is 5.32 Å². The Bertz CT molecular complexity index is 373. The lowest BCUT2D eigenvalue weighted by molar-refractivity contribution is 0.0232. The molecule has 0 amide bonds. The summed E-state index contributed by atoms with van der Waals surface area (Å²) in [6.07, 6.45) is 2.52. The molecule has 2 heterocycles. The van der Waals surface area contributed by atoms with Crippen molar-refractivity contribution >= 4 is 5.69 Å². The molecule has 2 rings (SSSR count). The van der Waals surface area contributed by atoms with E-state index >= 15 is 0 Å². The summed E-state index contributed by atoms with van der Waals surface area (Å²) in [6, 6.07) is 0.519. The van der Waals surface area contributed by atoms with E-state index in [9.17, 15) is 0 Å². The first-order valence-corrected chi connectivity index (χ1v) is 5.96. The molecule has 2 atom stereocenters. The van der Waals surface area contributed by atoms with Crippen LogP contribution in [-0.2, 0) is 11.8 Å². The molecule has 0 spiro atoms. The minimum Gasteiger partial charge on any atom is -0.379 e. The van der Waals surface area contributed by atoms with E-state index in [4.69, 9.17) is 4.74 Å². The maximum Gasteiger partial charge on any atom is 0.0827 e. The molecule has 90 valence electrons. The van der Waals surface area contributed by atoms with E-state index < -0.39 is 0 Å². The van der Waals surface area contributed by atoms with E-state index in [2.05, 4.69) is 31.2 Å². The Kier molecular flexibility index (Phi) is 3.19. The number of nitrogens with zero attached hydrogens (tertiary/aromatic N) is 2. The van der Waals surface area contributed by atoms with Crippen LogP contribution in [-0.4, -0.2) is 28.5 Å². The summed E-state index contributed by atoms with van der Waals surface area (Å²) in [5.41, 5.74) is 3.48. The summed E-state index contributed by atoms with van der Waals surface area (Å²) in [6.45, 7) is 7.15. The number of aryl methyl sites for hydroxylation is 2. The van der Waals surface area contributed by atoms with Crippen LogP contribution in [0.2, 0.25) is 0 Å². The molecular formula is C12H21N3O. The van der Waals surface area contributed by atoms with Gasteiger partial charge in [-0.15, -0.1) is 0 Å². The van der Waals surface area contributed by atoms with E-state index in [1.165, 1.54) is 11.4 Å².